The SMILES string of the molecule is CC1(C)CCC(c2nc3sc4c(Cl)ncnc4c3c3c2CCCC3)N1. The molecular formula is C19H21ClN4S. The number of nitrogens with zero attached hydrogens (tertiary/aromatic N) is 3. The summed E-state index contributed by atoms with van der Waals surface area (Å²) in [7, 11) is 0. The molecule has 25 heavy (non-hydrogen) atoms. The van der Waals surface area contributed by atoms with E-state index in [0.29, 0.717) is 11.2 Å². The van der Waals surface area contributed by atoms with E-state index in [4.69, 9.17) is 16.6 Å². The highest BCUT2D eigenvalue weighted by Gasteiger charge is 2.34. The molecule has 1 atom stereocenters. The van der Waals surface area contributed by atoms with E-state index in [-0.39, 0.29) is 5.54 Å². The van der Waals surface area contributed by atoms with Crippen molar-refractivity contribution in [1.82, 2.24) is 20.3 Å². The lowest BCUT2D eigenvalue weighted by Gasteiger charge is -2.25. The molecule has 1 unspecified atom stereocenters. The van der Waals surface area contributed by atoms with Gasteiger partial charge in [-0.05, 0) is 63.5 Å². The van der Waals surface area contributed by atoms with Crippen LogP contribution in [0.5, 0.6) is 0 Å². The fraction of sp³-hybridized carbons (Fsp3) is 0.526. The van der Waals surface area contributed by atoms with Crippen LogP contribution >= 0.6 is 22.9 Å². The van der Waals surface area contributed by atoms with Crippen LogP contribution in [0.3, 0.4) is 0 Å². The molecule has 0 bridgehead atoms. The van der Waals surface area contributed by atoms with Gasteiger partial charge >= 0.3 is 0 Å². The summed E-state index contributed by atoms with van der Waals surface area (Å²) < 4.78 is 0.969. The Kier molecular flexibility index (Phi) is 3.56. The number of thiophene rings is 1. The molecule has 1 aliphatic heterocycles. The highest BCUT2D eigenvalue weighted by atomic mass is 35.5. The van der Waals surface area contributed by atoms with Crippen molar-refractivity contribution in [3.63, 3.8) is 0 Å². The third-order valence-electron chi connectivity index (χ3n) is 5.66. The minimum atomic E-state index is 0.192. The highest BCUT2D eigenvalue weighted by molar-refractivity contribution is 7.26. The average Bonchev–Trinajstić information content (AvgIpc) is 3.15. The molecular weight excluding hydrogens is 352 g/mol. The topological polar surface area (TPSA) is 50.7 Å². The molecule has 5 rings (SSSR count). The van der Waals surface area contributed by atoms with Gasteiger partial charge in [0.05, 0.1) is 22.0 Å². The predicted octanol–water partition coefficient (Wildman–Crippen LogP) is 4.97. The zero-order valence-corrected chi connectivity index (χ0v) is 16.1. The third-order valence-corrected chi connectivity index (χ3v) is 7.14. The van der Waals surface area contributed by atoms with Crippen molar-refractivity contribution < 1.29 is 0 Å². The first-order valence-corrected chi connectivity index (χ1v) is 10.2. The average molecular weight is 373 g/mol. The smallest absolute Gasteiger partial charge is 0.150 e. The van der Waals surface area contributed by atoms with Gasteiger partial charge in [0.15, 0.2) is 0 Å². The largest absolute Gasteiger partial charge is 0.304 e. The van der Waals surface area contributed by atoms with Gasteiger partial charge in [-0.25, -0.2) is 15.0 Å². The summed E-state index contributed by atoms with van der Waals surface area (Å²) in [4.78, 5) is 14.9. The molecule has 1 fully saturated rings. The van der Waals surface area contributed by atoms with Crippen molar-refractivity contribution in [3.8, 4) is 0 Å². The van der Waals surface area contributed by atoms with Gasteiger partial charge in [0.1, 0.15) is 16.3 Å². The molecule has 0 amide bonds. The van der Waals surface area contributed by atoms with Gasteiger partial charge < -0.3 is 5.32 Å². The second kappa shape index (κ2) is 5.60. The van der Waals surface area contributed by atoms with E-state index in [2.05, 4.69) is 29.1 Å². The Balaban J connectivity index is 1.79. The van der Waals surface area contributed by atoms with E-state index in [9.17, 15) is 0 Å². The number of pyridine rings is 1. The molecule has 0 radical (unpaired) electrons. The monoisotopic (exact) mass is 372 g/mol. The highest BCUT2D eigenvalue weighted by Crippen LogP contribution is 2.43. The molecule has 1 saturated heterocycles. The van der Waals surface area contributed by atoms with Crippen molar-refractivity contribution in [2.24, 2.45) is 0 Å². The van der Waals surface area contributed by atoms with Crippen LogP contribution in [0.4, 0.5) is 0 Å². The van der Waals surface area contributed by atoms with E-state index in [1.807, 2.05) is 0 Å². The third kappa shape index (κ3) is 2.47. The molecule has 0 saturated carbocycles. The maximum absolute atomic E-state index is 6.34. The van der Waals surface area contributed by atoms with Gasteiger partial charge in [0.25, 0.3) is 0 Å². The fourth-order valence-corrected chi connectivity index (χ4v) is 5.77. The number of hydrogen-bond acceptors (Lipinski definition) is 5. The summed E-state index contributed by atoms with van der Waals surface area (Å²) in [5.74, 6) is 0. The van der Waals surface area contributed by atoms with Crippen molar-refractivity contribution in [2.45, 2.75) is 64.0 Å². The van der Waals surface area contributed by atoms with Crippen molar-refractivity contribution >= 4 is 43.4 Å². The van der Waals surface area contributed by atoms with E-state index in [0.717, 1.165) is 34.3 Å². The second-order valence-electron chi connectivity index (χ2n) is 7.91. The fourth-order valence-electron chi connectivity index (χ4n) is 4.48. The molecule has 3 aromatic rings. The Morgan fingerprint density at radius 2 is 2.00 bits per heavy atom. The number of halogens is 1. The minimum Gasteiger partial charge on any atom is -0.304 e. The van der Waals surface area contributed by atoms with Crippen LogP contribution in [-0.2, 0) is 12.8 Å². The standard InChI is InChI=1S/C19H21ClN4S/c1-19(2)8-7-12(24-19)14-11-6-4-3-5-10(11)13-15-16(25-18(13)23-14)17(20)22-9-21-15/h9,12,24H,3-8H2,1-2H3. The summed E-state index contributed by atoms with van der Waals surface area (Å²) >= 11 is 7.97. The molecule has 0 aromatic carbocycles. The quantitative estimate of drug-likeness (QED) is 0.612. The van der Waals surface area contributed by atoms with Crippen molar-refractivity contribution in [1.29, 1.82) is 0 Å². The van der Waals surface area contributed by atoms with E-state index < -0.39 is 0 Å². The summed E-state index contributed by atoms with van der Waals surface area (Å²) in [5.41, 5.74) is 5.36. The molecule has 3 aromatic heterocycles. The summed E-state index contributed by atoms with van der Waals surface area (Å²) in [6, 6.07) is 0.359. The van der Waals surface area contributed by atoms with Gasteiger partial charge in [-0.2, -0.15) is 0 Å². The number of fused-ring (bicyclic) bond motifs is 5. The molecule has 0 spiro atoms. The van der Waals surface area contributed by atoms with Gasteiger partial charge in [-0.1, -0.05) is 11.6 Å². The zero-order chi connectivity index (χ0) is 17.2. The van der Waals surface area contributed by atoms with Crippen molar-refractivity contribution in [3.05, 3.63) is 28.3 Å². The molecule has 2 aliphatic rings. The molecule has 130 valence electrons. The van der Waals surface area contributed by atoms with Crippen LogP contribution in [-0.4, -0.2) is 20.5 Å². The maximum atomic E-state index is 6.34. The van der Waals surface area contributed by atoms with Crippen LogP contribution in [0.1, 0.15) is 62.4 Å². The van der Waals surface area contributed by atoms with Gasteiger partial charge in [0.2, 0.25) is 0 Å². The number of nitrogens with one attached hydrogen (secondary N) is 1. The summed E-state index contributed by atoms with van der Waals surface area (Å²) in [5, 5.41) is 5.56. The number of aromatic nitrogens is 3. The minimum absolute atomic E-state index is 0.192. The molecule has 6 heteroatoms. The summed E-state index contributed by atoms with van der Waals surface area (Å²) in [6.45, 7) is 4.57. The Morgan fingerprint density at radius 3 is 2.76 bits per heavy atom. The Morgan fingerprint density at radius 1 is 1.20 bits per heavy atom. The maximum Gasteiger partial charge on any atom is 0.150 e. The molecule has 4 nitrogen and oxygen atoms in total. The van der Waals surface area contributed by atoms with Crippen LogP contribution in [0, 0.1) is 0 Å². The van der Waals surface area contributed by atoms with E-state index in [1.165, 1.54) is 41.5 Å². The first-order chi connectivity index (χ1) is 12.0. The Labute approximate surface area is 156 Å². The van der Waals surface area contributed by atoms with Crippen LogP contribution < -0.4 is 5.32 Å². The van der Waals surface area contributed by atoms with Crippen molar-refractivity contribution in [2.75, 3.05) is 0 Å². The number of rotatable bonds is 1. The number of hydrogen-bond donors (Lipinski definition) is 1. The molecule has 1 N–H and O–H groups in total. The first kappa shape index (κ1) is 15.9. The predicted molar refractivity (Wildman–Crippen MR) is 104 cm³/mol. The lowest BCUT2D eigenvalue weighted by molar-refractivity contribution is 0.428. The lowest BCUT2D eigenvalue weighted by atomic mass is 9.87. The second-order valence-corrected chi connectivity index (χ2v) is 9.26. The van der Waals surface area contributed by atoms with Gasteiger partial charge in [0, 0.05) is 10.9 Å². The first-order valence-electron chi connectivity index (χ1n) is 9.05. The van der Waals surface area contributed by atoms with Crippen LogP contribution in [0.15, 0.2) is 6.33 Å². The summed E-state index contributed by atoms with van der Waals surface area (Å²) in [6.07, 6.45) is 8.65. The van der Waals surface area contributed by atoms with Gasteiger partial charge in [-0.15, -0.1) is 11.3 Å². The normalized spacial score (nSPS) is 22.6. The number of aryl methyl sites for hydroxylation is 1. The van der Waals surface area contributed by atoms with Crippen LogP contribution in [0.25, 0.3) is 20.4 Å². The van der Waals surface area contributed by atoms with Gasteiger partial charge in [-0.3, -0.25) is 0 Å². The zero-order valence-electron chi connectivity index (χ0n) is 14.5. The lowest BCUT2D eigenvalue weighted by Crippen LogP contribution is -2.34. The van der Waals surface area contributed by atoms with Crippen LogP contribution in [0.2, 0.25) is 5.15 Å². The molecule has 1 aliphatic carbocycles. The van der Waals surface area contributed by atoms with E-state index in [1.54, 1.807) is 17.7 Å². The Hall–Kier alpha value is -1.30. The van der Waals surface area contributed by atoms with E-state index >= 15 is 0 Å². The molecule has 4 heterocycles. The Bertz CT molecular complexity index is 994.